The number of likely N-dealkylation sites (N-methyl/N-ethyl adjacent to an activating group) is 1. The van der Waals surface area contributed by atoms with Gasteiger partial charge in [0.25, 0.3) is 0 Å². The van der Waals surface area contributed by atoms with Crippen molar-refractivity contribution in [3.05, 3.63) is 0 Å². The van der Waals surface area contributed by atoms with Crippen LogP contribution in [0, 0.1) is 5.41 Å². The molecule has 0 aromatic heterocycles. The Morgan fingerprint density at radius 1 is 1.25 bits per heavy atom. The van der Waals surface area contributed by atoms with Gasteiger partial charge in [-0.05, 0) is 19.9 Å². The molecule has 94 valence electrons. The predicted octanol–water partition coefficient (Wildman–Crippen LogP) is 0.851. The van der Waals surface area contributed by atoms with E-state index in [1.165, 1.54) is 0 Å². The lowest BCUT2D eigenvalue weighted by Gasteiger charge is -2.41. The summed E-state index contributed by atoms with van der Waals surface area (Å²) in [5.74, 6) is -2.74. The van der Waals surface area contributed by atoms with Crippen LogP contribution in [0.2, 0.25) is 0 Å². The lowest BCUT2D eigenvalue weighted by Crippen LogP contribution is -2.51. The van der Waals surface area contributed by atoms with Gasteiger partial charge in [0.2, 0.25) is 5.92 Å². The average Bonchev–Trinajstić information content (AvgIpc) is 2.69. The van der Waals surface area contributed by atoms with Crippen molar-refractivity contribution in [3.8, 4) is 0 Å². The minimum atomic E-state index is -2.74. The zero-order valence-electron chi connectivity index (χ0n) is 9.55. The summed E-state index contributed by atoms with van der Waals surface area (Å²) in [6, 6.07) is 0. The average molecular weight is 235 g/mol. The van der Waals surface area contributed by atoms with Gasteiger partial charge in [0, 0.05) is 31.3 Å². The van der Waals surface area contributed by atoms with Gasteiger partial charge in [-0.2, -0.15) is 0 Å². The van der Waals surface area contributed by atoms with Gasteiger partial charge in [0.1, 0.15) is 0 Å². The highest BCUT2D eigenvalue weighted by Gasteiger charge is 2.60. The van der Waals surface area contributed by atoms with Gasteiger partial charge in [-0.25, -0.2) is 8.78 Å². The third-order valence-corrected chi connectivity index (χ3v) is 4.29. The Kier molecular flexibility index (Phi) is 2.76. The Hall–Kier alpha value is -0.260. The maximum atomic E-state index is 13.3. The number of hydrogen-bond donors (Lipinski definition) is 2. The van der Waals surface area contributed by atoms with E-state index < -0.39 is 16.9 Å². The molecule has 2 unspecified atom stereocenters. The van der Waals surface area contributed by atoms with Crippen molar-refractivity contribution in [1.82, 2.24) is 4.90 Å². The van der Waals surface area contributed by atoms with Crippen molar-refractivity contribution in [2.45, 2.75) is 37.2 Å². The van der Waals surface area contributed by atoms with E-state index in [4.69, 9.17) is 0 Å². The number of aliphatic hydroxyl groups excluding tert-OH is 1. The Balaban J connectivity index is 2.23. The molecule has 0 radical (unpaired) electrons. The Labute approximate surface area is 94.1 Å². The predicted molar refractivity (Wildman–Crippen MR) is 55.4 cm³/mol. The van der Waals surface area contributed by atoms with Crippen LogP contribution in [0.5, 0.6) is 0 Å². The van der Waals surface area contributed by atoms with Crippen LogP contribution in [0.15, 0.2) is 0 Å². The van der Waals surface area contributed by atoms with E-state index in [0.29, 0.717) is 19.5 Å². The number of β-amino-alcohol motifs (C(OH)–C–C–N with tert-alkyl or cyclic N) is 1. The molecule has 16 heavy (non-hydrogen) atoms. The van der Waals surface area contributed by atoms with E-state index in [-0.39, 0.29) is 25.9 Å². The molecule has 0 amide bonds. The molecule has 1 saturated heterocycles. The first-order valence-electron chi connectivity index (χ1n) is 5.72. The van der Waals surface area contributed by atoms with Crippen molar-refractivity contribution in [2.24, 2.45) is 5.41 Å². The Morgan fingerprint density at radius 2 is 1.94 bits per heavy atom. The summed E-state index contributed by atoms with van der Waals surface area (Å²) in [6.45, 7) is 0.723. The molecule has 1 saturated carbocycles. The fraction of sp³-hybridized carbons (Fsp3) is 1.00. The third kappa shape index (κ3) is 1.75. The van der Waals surface area contributed by atoms with E-state index in [2.05, 4.69) is 0 Å². The summed E-state index contributed by atoms with van der Waals surface area (Å²) >= 11 is 0. The van der Waals surface area contributed by atoms with Gasteiger partial charge in [0.15, 0.2) is 0 Å². The molecule has 0 aromatic carbocycles. The number of nitrogens with zero attached hydrogens (tertiary/aromatic N) is 1. The molecule has 1 aliphatic heterocycles. The molecule has 0 spiro atoms. The number of alkyl halides is 2. The highest BCUT2D eigenvalue weighted by atomic mass is 19.3. The lowest BCUT2D eigenvalue weighted by molar-refractivity contribution is -0.115. The number of rotatable bonds is 2. The maximum Gasteiger partial charge on any atom is 0.248 e. The summed E-state index contributed by atoms with van der Waals surface area (Å²) in [5, 5.41) is 20.0. The molecule has 2 aliphatic rings. The van der Waals surface area contributed by atoms with Crippen molar-refractivity contribution >= 4 is 0 Å². The van der Waals surface area contributed by atoms with Crippen LogP contribution in [0.1, 0.15) is 25.7 Å². The van der Waals surface area contributed by atoms with Gasteiger partial charge < -0.3 is 15.1 Å². The van der Waals surface area contributed by atoms with Gasteiger partial charge in [-0.15, -0.1) is 0 Å². The molecular formula is C11H19F2NO2. The third-order valence-electron chi connectivity index (χ3n) is 4.29. The summed E-state index contributed by atoms with van der Waals surface area (Å²) in [7, 11) is 1.86. The van der Waals surface area contributed by atoms with E-state index in [0.717, 1.165) is 0 Å². The number of aliphatic hydroxyl groups is 2. The first-order valence-corrected chi connectivity index (χ1v) is 5.72. The van der Waals surface area contributed by atoms with Crippen LogP contribution in [-0.4, -0.2) is 53.4 Å². The molecule has 0 aromatic rings. The maximum absolute atomic E-state index is 13.3. The minimum Gasteiger partial charge on any atom is -0.396 e. The lowest BCUT2D eigenvalue weighted by atomic mass is 9.70. The molecular weight excluding hydrogens is 216 g/mol. The highest BCUT2D eigenvalue weighted by Crippen LogP contribution is 2.55. The zero-order chi connectivity index (χ0) is 12.0. The van der Waals surface area contributed by atoms with E-state index in [1.54, 1.807) is 0 Å². The highest BCUT2D eigenvalue weighted by molar-refractivity contribution is 5.09. The van der Waals surface area contributed by atoms with E-state index >= 15 is 0 Å². The first kappa shape index (κ1) is 12.2. The number of likely N-dealkylation sites (tertiary alicyclic amines) is 1. The van der Waals surface area contributed by atoms with Crippen molar-refractivity contribution in [1.29, 1.82) is 0 Å². The van der Waals surface area contributed by atoms with Gasteiger partial charge >= 0.3 is 0 Å². The first-order chi connectivity index (χ1) is 7.33. The van der Waals surface area contributed by atoms with Crippen LogP contribution in [-0.2, 0) is 0 Å². The van der Waals surface area contributed by atoms with Crippen molar-refractivity contribution in [3.63, 3.8) is 0 Å². The van der Waals surface area contributed by atoms with E-state index in [9.17, 15) is 19.0 Å². The summed E-state index contributed by atoms with van der Waals surface area (Å²) in [4.78, 5) is 1.92. The Bertz CT molecular complexity index is 287. The normalized spacial score (nSPS) is 44.1. The van der Waals surface area contributed by atoms with Crippen LogP contribution in [0.25, 0.3) is 0 Å². The van der Waals surface area contributed by atoms with Gasteiger partial charge in [0.05, 0.1) is 12.2 Å². The molecule has 3 nitrogen and oxygen atoms in total. The topological polar surface area (TPSA) is 43.7 Å². The second-order valence-corrected chi connectivity index (χ2v) is 5.49. The molecule has 2 rings (SSSR count). The molecule has 0 bridgehead atoms. The standard InChI is InChI=1S/C11H19F2NO2/c1-14-5-4-10(16,7-14)9(8-15)2-3-11(12,13)6-9/h15-16H,2-8H2,1H3. The van der Waals surface area contributed by atoms with Gasteiger partial charge in [-0.1, -0.05) is 0 Å². The van der Waals surface area contributed by atoms with Crippen LogP contribution in [0.4, 0.5) is 8.78 Å². The van der Waals surface area contributed by atoms with Crippen LogP contribution < -0.4 is 0 Å². The minimum absolute atomic E-state index is 0.209. The number of hydrogen-bond acceptors (Lipinski definition) is 3. The summed E-state index contributed by atoms with van der Waals surface area (Å²) in [5.41, 5.74) is -2.17. The molecule has 5 heteroatoms. The van der Waals surface area contributed by atoms with Crippen LogP contribution >= 0.6 is 0 Å². The zero-order valence-corrected chi connectivity index (χ0v) is 9.55. The summed E-state index contributed by atoms with van der Waals surface area (Å²) < 4.78 is 26.6. The van der Waals surface area contributed by atoms with Crippen molar-refractivity contribution < 1.29 is 19.0 Å². The smallest absolute Gasteiger partial charge is 0.248 e. The molecule has 2 fully saturated rings. The quantitative estimate of drug-likeness (QED) is 0.746. The monoisotopic (exact) mass is 235 g/mol. The molecule has 2 N–H and O–H groups in total. The number of halogens is 2. The fourth-order valence-electron chi connectivity index (χ4n) is 3.19. The molecule has 1 aliphatic carbocycles. The largest absolute Gasteiger partial charge is 0.396 e. The van der Waals surface area contributed by atoms with Crippen molar-refractivity contribution in [2.75, 3.05) is 26.7 Å². The van der Waals surface area contributed by atoms with Crippen LogP contribution in [0.3, 0.4) is 0 Å². The molecule has 1 heterocycles. The van der Waals surface area contributed by atoms with E-state index in [1.807, 2.05) is 11.9 Å². The Morgan fingerprint density at radius 3 is 2.31 bits per heavy atom. The molecule has 2 atom stereocenters. The summed E-state index contributed by atoms with van der Waals surface area (Å²) in [6.07, 6.45) is 0.0708. The fourth-order valence-corrected chi connectivity index (χ4v) is 3.19. The SMILES string of the molecule is CN1CCC(O)(C2(CO)CCC(F)(F)C2)C1. The second kappa shape index (κ2) is 3.62. The second-order valence-electron chi connectivity index (χ2n) is 5.49. The van der Waals surface area contributed by atoms with Gasteiger partial charge in [-0.3, -0.25) is 0 Å².